The number of urea groups is 1. The fourth-order valence-electron chi connectivity index (χ4n) is 3.51. The van der Waals surface area contributed by atoms with Crippen molar-refractivity contribution in [2.24, 2.45) is 0 Å². The first-order valence-corrected chi connectivity index (χ1v) is 9.77. The molecule has 0 aromatic heterocycles. The average molecular weight is 371 g/mol. The summed E-state index contributed by atoms with van der Waals surface area (Å²) in [5.74, 6) is 0. The Hall–Kier alpha value is -3.11. The maximum absolute atomic E-state index is 12.6. The SMILES string of the molecule is O=C(Nc1ccc2ccccc2c1)N1CCN(C/C=C\c2ccccc2)CC1. The molecule has 3 aromatic carbocycles. The Morgan fingerprint density at radius 1 is 0.857 bits per heavy atom. The highest BCUT2D eigenvalue weighted by Crippen LogP contribution is 2.19. The van der Waals surface area contributed by atoms with Gasteiger partial charge in [-0.2, -0.15) is 0 Å². The van der Waals surface area contributed by atoms with Crippen molar-refractivity contribution < 1.29 is 4.79 Å². The van der Waals surface area contributed by atoms with Crippen molar-refractivity contribution in [1.29, 1.82) is 0 Å². The molecule has 3 aromatic rings. The van der Waals surface area contributed by atoms with Gasteiger partial charge in [0.1, 0.15) is 0 Å². The molecule has 4 nitrogen and oxygen atoms in total. The van der Waals surface area contributed by atoms with Crippen molar-refractivity contribution in [3.8, 4) is 0 Å². The van der Waals surface area contributed by atoms with Crippen LogP contribution in [0.1, 0.15) is 5.56 Å². The molecule has 4 rings (SSSR count). The lowest BCUT2D eigenvalue weighted by Crippen LogP contribution is -2.49. The van der Waals surface area contributed by atoms with E-state index < -0.39 is 0 Å². The maximum Gasteiger partial charge on any atom is 0.321 e. The van der Waals surface area contributed by atoms with Crippen LogP contribution in [0.4, 0.5) is 10.5 Å². The fourth-order valence-corrected chi connectivity index (χ4v) is 3.51. The van der Waals surface area contributed by atoms with Crippen LogP contribution >= 0.6 is 0 Å². The first-order chi connectivity index (χ1) is 13.8. The minimum Gasteiger partial charge on any atom is -0.322 e. The first-order valence-electron chi connectivity index (χ1n) is 9.77. The molecule has 1 aliphatic heterocycles. The van der Waals surface area contributed by atoms with Gasteiger partial charge >= 0.3 is 6.03 Å². The lowest BCUT2D eigenvalue weighted by atomic mass is 10.1. The minimum absolute atomic E-state index is 0.0187. The van der Waals surface area contributed by atoms with Gasteiger partial charge in [-0.3, -0.25) is 4.90 Å². The van der Waals surface area contributed by atoms with Crippen LogP contribution in [-0.2, 0) is 0 Å². The zero-order chi connectivity index (χ0) is 19.2. The summed E-state index contributed by atoms with van der Waals surface area (Å²) in [5, 5.41) is 5.35. The summed E-state index contributed by atoms with van der Waals surface area (Å²) in [6, 6.07) is 24.5. The standard InChI is InChI=1S/C24H25N3O/c28-24(25-23-13-12-21-10-4-5-11-22(21)19-23)27-17-15-26(16-18-27)14-6-9-20-7-2-1-3-8-20/h1-13,19H,14-18H2,(H,25,28)/b9-6-. The number of carbonyl (C=O) groups is 1. The number of nitrogens with one attached hydrogen (secondary N) is 1. The third-order valence-corrected chi connectivity index (χ3v) is 5.13. The van der Waals surface area contributed by atoms with Crippen molar-refractivity contribution >= 4 is 28.6 Å². The van der Waals surface area contributed by atoms with E-state index in [1.807, 2.05) is 53.4 Å². The summed E-state index contributed by atoms with van der Waals surface area (Å²) < 4.78 is 0. The van der Waals surface area contributed by atoms with E-state index in [1.54, 1.807) is 0 Å². The van der Waals surface area contributed by atoms with Crippen LogP contribution in [-0.4, -0.2) is 48.6 Å². The smallest absolute Gasteiger partial charge is 0.321 e. The lowest BCUT2D eigenvalue weighted by molar-refractivity contribution is 0.156. The van der Waals surface area contributed by atoms with Gasteiger partial charge in [-0.15, -0.1) is 0 Å². The quantitative estimate of drug-likeness (QED) is 0.721. The van der Waals surface area contributed by atoms with E-state index in [0.29, 0.717) is 0 Å². The molecular weight excluding hydrogens is 346 g/mol. The predicted octanol–water partition coefficient (Wildman–Crippen LogP) is 4.70. The molecule has 0 atom stereocenters. The van der Waals surface area contributed by atoms with Gasteiger partial charge in [0.05, 0.1) is 0 Å². The van der Waals surface area contributed by atoms with E-state index in [0.717, 1.165) is 43.8 Å². The van der Waals surface area contributed by atoms with Crippen molar-refractivity contribution in [3.63, 3.8) is 0 Å². The van der Waals surface area contributed by atoms with Crippen LogP contribution in [0.15, 0.2) is 78.9 Å². The Bertz CT molecular complexity index is 960. The molecule has 1 N–H and O–H groups in total. The second-order valence-corrected chi connectivity index (χ2v) is 7.09. The number of hydrogen-bond donors (Lipinski definition) is 1. The molecule has 1 saturated heterocycles. The molecule has 0 radical (unpaired) electrons. The van der Waals surface area contributed by atoms with Gasteiger partial charge < -0.3 is 10.2 Å². The molecule has 0 bridgehead atoms. The summed E-state index contributed by atoms with van der Waals surface area (Å²) in [5.41, 5.74) is 2.06. The number of hydrogen-bond acceptors (Lipinski definition) is 2. The van der Waals surface area contributed by atoms with Gasteiger partial charge in [-0.1, -0.05) is 72.8 Å². The number of carbonyl (C=O) groups excluding carboxylic acids is 1. The van der Waals surface area contributed by atoms with Gasteiger partial charge in [0, 0.05) is 38.4 Å². The molecule has 0 aliphatic carbocycles. The zero-order valence-corrected chi connectivity index (χ0v) is 15.9. The molecule has 1 aliphatic rings. The third-order valence-electron chi connectivity index (χ3n) is 5.13. The molecule has 2 amide bonds. The normalized spacial score (nSPS) is 15.2. The summed E-state index contributed by atoms with van der Waals surface area (Å²) in [6.07, 6.45) is 4.35. The summed E-state index contributed by atoms with van der Waals surface area (Å²) >= 11 is 0. The Morgan fingerprint density at radius 2 is 1.57 bits per heavy atom. The van der Waals surface area contributed by atoms with Crippen molar-refractivity contribution in [2.75, 3.05) is 38.0 Å². The number of piperazine rings is 1. The number of nitrogens with zero attached hydrogens (tertiary/aromatic N) is 2. The Kier molecular flexibility index (Phi) is 5.69. The number of amides is 2. The fraction of sp³-hybridized carbons (Fsp3) is 0.208. The number of rotatable bonds is 4. The molecule has 0 unspecified atom stereocenters. The van der Waals surface area contributed by atoms with Crippen molar-refractivity contribution in [3.05, 3.63) is 84.4 Å². The molecule has 1 heterocycles. The number of benzene rings is 3. The van der Waals surface area contributed by atoms with Crippen LogP contribution in [0.25, 0.3) is 16.8 Å². The van der Waals surface area contributed by atoms with Crippen LogP contribution in [0, 0.1) is 0 Å². The highest BCUT2D eigenvalue weighted by molar-refractivity contribution is 5.93. The minimum atomic E-state index is -0.0187. The van der Waals surface area contributed by atoms with E-state index in [-0.39, 0.29) is 6.03 Å². The lowest BCUT2D eigenvalue weighted by Gasteiger charge is -2.34. The van der Waals surface area contributed by atoms with E-state index in [1.165, 1.54) is 10.9 Å². The van der Waals surface area contributed by atoms with E-state index in [2.05, 4.69) is 46.6 Å². The Balaban J connectivity index is 1.27. The van der Waals surface area contributed by atoms with Crippen molar-refractivity contribution in [1.82, 2.24) is 9.80 Å². The second kappa shape index (κ2) is 8.72. The summed E-state index contributed by atoms with van der Waals surface area (Å²) in [6.45, 7) is 4.20. The molecule has 0 saturated carbocycles. The van der Waals surface area contributed by atoms with E-state index >= 15 is 0 Å². The first kappa shape index (κ1) is 18.3. The van der Waals surface area contributed by atoms with Gasteiger partial charge in [-0.05, 0) is 28.5 Å². The molecule has 28 heavy (non-hydrogen) atoms. The van der Waals surface area contributed by atoms with Crippen LogP contribution in [0.5, 0.6) is 0 Å². The average Bonchev–Trinajstić information content (AvgIpc) is 2.75. The second-order valence-electron chi connectivity index (χ2n) is 7.09. The van der Waals surface area contributed by atoms with Gasteiger partial charge in [0.2, 0.25) is 0 Å². The highest BCUT2D eigenvalue weighted by Gasteiger charge is 2.20. The van der Waals surface area contributed by atoms with E-state index in [4.69, 9.17) is 0 Å². The number of anilines is 1. The Labute approximate surface area is 166 Å². The molecule has 142 valence electrons. The zero-order valence-electron chi connectivity index (χ0n) is 15.9. The van der Waals surface area contributed by atoms with Gasteiger partial charge in [-0.25, -0.2) is 4.79 Å². The molecule has 1 fully saturated rings. The molecule has 4 heteroatoms. The third kappa shape index (κ3) is 4.59. The van der Waals surface area contributed by atoms with Crippen LogP contribution in [0.3, 0.4) is 0 Å². The van der Waals surface area contributed by atoms with E-state index in [9.17, 15) is 4.79 Å². The number of fused-ring (bicyclic) bond motifs is 1. The maximum atomic E-state index is 12.6. The Morgan fingerprint density at radius 3 is 2.36 bits per heavy atom. The monoisotopic (exact) mass is 371 g/mol. The van der Waals surface area contributed by atoms with Crippen molar-refractivity contribution in [2.45, 2.75) is 0 Å². The molecule has 0 spiro atoms. The van der Waals surface area contributed by atoms with Crippen LogP contribution in [0.2, 0.25) is 0 Å². The summed E-state index contributed by atoms with van der Waals surface area (Å²) in [7, 11) is 0. The largest absolute Gasteiger partial charge is 0.322 e. The molecular formula is C24H25N3O. The topological polar surface area (TPSA) is 35.6 Å². The predicted molar refractivity (Wildman–Crippen MR) is 116 cm³/mol. The summed E-state index contributed by atoms with van der Waals surface area (Å²) in [4.78, 5) is 16.9. The van der Waals surface area contributed by atoms with Gasteiger partial charge in [0.15, 0.2) is 0 Å². The highest BCUT2D eigenvalue weighted by atomic mass is 16.2. The van der Waals surface area contributed by atoms with Crippen LogP contribution < -0.4 is 5.32 Å². The van der Waals surface area contributed by atoms with Gasteiger partial charge in [0.25, 0.3) is 0 Å².